The number of rotatable bonds is 5. The molecule has 0 aromatic carbocycles. The highest BCUT2D eigenvalue weighted by molar-refractivity contribution is 9.10. The fourth-order valence-corrected chi connectivity index (χ4v) is 3.35. The van der Waals surface area contributed by atoms with E-state index in [-0.39, 0.29) is 0 Å². The Morgan fingerprint density at radius 1 is 1.33 bits per heavy atom. The summed E-state index contributed by atoms with van der Waals surface area (Å²) < 4.78 is 0.890. The van der Waals surface area contributed by atoms with E-state index in [9.17, 15) is 0 Å². The number of hydrogen-bond acceptors (Lipinski definition) is 6. The summed E-state index contributed by atoms with van der Waals surface area (Å²) in [7, 11) is 1.85. The van der Waals surface area contributed by atoms with Gasteiger partial charge in [-0.2, -0.15) is 11.8 Å². The number of nitrogens with one attached hydrogen (secondary N) is 2. The van der Waals surface area contributed by atoms with Crippen molar-refractivity contribution in [3.8, 4) is 0 Å². The van der Waals surface area contributed by atoms with E-state index in [1.54, 1.807) is 6.33 Å². The maximum absolute atomic E-state index is 4.24. The van der Waals surface area contributed by atoms with Crippen molar-refractivity contribution in [3.05, 3.63) is 10.8 Å². The van der Waals surface area contributed by atoms with E-state index in [1.165, 1.54) is 24.6 Å². The summed E-state index contributed by atoms with van der Waals surface area (Å²) in [5, 5.41) is 6.37. The van der Waals surface area contributed by atoms with Gasteiger partial charge in [0.25, 0.3) is 0 Å². The fraction of sp³-hybridized carbons (Fsp3) is 0.636. The third kappa shape index (κ3) is 3.73. The Hall–Kier alpha value is -0.530. The monoisotopic (exact) mass is 331 g/mol. The second kappa shape index (κ2) is 7.16. The van der Waals surface area contributed by atoms with E-state index >= 15 is 0 Å². The van der Waals surface area contributed by atoms with Crippen molar-refractivity contribution in [3.63, 3.8) is 0 Å². The van der Waals surface area contributed by atoms with Crippen molar-refractivity contribution in [2.45, 2.75) is 0 Å². The molecule has 100 valence electrons. The van der Waals surface area contributed by atoms with Gasteiger partial charge in [0.1, 0.15) is 22.4 Å². The van der Waals surface area contributed by atoms with Gasteiger partial charge < -0.3 is 10.6 Å². The minimum Gasteiger partial charge on any atom is -0.372 e. The van der Waals surface area contributed by atoms with Gasteiger partial charge in [0, 0.05) is 44.7 Å². The van der Waals surface area contributed by atoms with Gasteiger partial charge in [-0.05, 0) is 15.9 Å². The number of aromatic nitrogens is 2. The number of anilines is 2. The molecule has 18 heavy (non-hydrogen) atoms. The lowest BCUT2D eigenvalue weighted by atomic mass is 10.4. The zero-order chi connectivity index (χ0) is 12.8. The summed E-state index contributed by atoms with van der Waals surface area (Å²) >= 11 is 5.54. The second-order valence-corrected chi connectivity index (χ2v) is 6.03. The zero-order valence-electron chi connectivity index (χ0n) is 10.4. The van der Waals surface area contributed by atoms with Crippen LogP contribution in [0.4, 0.5) is 11.6 Å². The molecule has 0 atom stereocenters. The van der Waals surface area contributed by atoms with Crippen molar-refractivity contribution < 1.29 is 0 Å². The van der Waals surface area contributed by atoms with Crippen LogP contribution in [-0.4, -0.2) is 59.6 Å². The smallest absolute Gasteiger partial charge is 0.145 e. The molecule has 7 heteroatoms. The van der Waals surface area contributed by atoms with E-state index < -0.39 is 0 Å². The third-order valence-electron chi connectivity index (χ3n) is 2.85. The standard InChI is InChI=1S/C11H18BrN5S/c1-13-10-9(12)11(16-8-15-10)14-2-3-17-4-6-18-7-5-17/h8H,2-7H2,1H3,(H2,13,14,15,16). The van der Waals surface area contributed by atoms with Crippen LogP contribution >= 0.6 is 27.7 Å². The van der Waals surface area contributed by atoms with Crippen molar-refractivity contribution in [1.82, 2.24) is 14.9 Å². The maximum Gasteiger partial charge on any atom is 0.145 e. The van der Waals surface area contributed by atoms with Crippen LogP contribution < -0.4 is 10.6 Å². The molecule has 0 saturated carbocycles. The minimum atomic E-state index is 0.807. The molecule has 2 rings (SSSR count). The Labute approximate surface area is 120 Å². The van der Waals surface area contributed by atoms with Gasteiger partial charge in [-0.1, -0.05) is 0 Å². The Balaban J connectivity index is 1.82. The van der Waals surface area contributed by atoms with Gasteiger partial charge in [-0.25, -0.2) is 9.97 Å². The van der Waals surface area contributed by atoms with E-state index in [0.29, 0.717) is 0 Å². The molecule has 1 aromatic heterocycles. The molecule has 0 spiro atoms. The van der Waals surface area contributed by atoms with Crippen LogP contribution in [0.5, 0.6) is 0 Å². The number of nitrogens with zero attached hydrogens (tertiary/aromatic N) is 3. The first-order valence-corrected chi connectivity index (χ1v) is 7.98. The lowest BCUT2D eigenvalue weighted by Crippen LogP contribution is -2.36. The average Bonchev–Trinajstić information content (AvgIpc) is 2.42. The van der Waals surface area contributed by atoms with Gasteiger partial charge in [-0.3, -0.25) is 4.90 Å². The highest BCUT2D eigenvalue weighted by Gasteiger charge is 2.11. The molecule has 1 aliphatic heterocycles. The normalized spacial score (nSPS) is 16.6. The Morgan fingerprint density at radius 3 is 2.78 bits per heavy atom. The summed E-state index contributed by atoms with van der Waals surface area (Å²) in [6, 6.07) is 0. The number of halogens is 1. The van der Waals surface area contributed by atoms with Crippen LogP contribution in [0.1, 0.15) is 0 Å². The maximum atomic E-state index is 4.24. The topological polar surface area (TPSA) is 53.1 Å². The number of thioether (sulfide) groups is 1. The predicted octanol–water partition coefficient (Wildman–Crippen LogP) is 1.74. The highest BCUT2D eigenvalue weighted by atomic mass is 79.9. The first kappa shape index (κ1) is 13.9. The Kier molecular flexibility index (Phi) is 5.52. The third-order valence-corrected chi connectivity index (χ3v) is 4.54. The van der Waals surface area contributed by atoms with Crippen LogP contribution in [0.3, 0.4) is 0 Å². The van der Waals surface area contributed by atoms with E-state index in [4.69, 9.17) is 0 Å². The Bertz CT molecular complexity index is 384. The summed E-state index contributed by atoms with van der Waals surface area (Å²) in [6.07, 6.45) is 1.57. The first-order valence-electron chi connectivity index (χ1n) is 6.03. The average molecular weight is 332 g/mol. The summed E-state index contributed by atoms with van der Waals surface area (Å²) in [6.45, 7) is 4.35. The summed E-state index contributed by atoms with van der Waals surface area (Å²) in [5.41, 5.74) is 0. The van der Waals surface area contributed by atoms with Gasteiger partial charge in [0.05, 0.1) is 0 Å². The second-order valence-electron chi connectivity index (χ2n) is 4.02. The lowest BCUT2D eigenvalue weighted by Gasteiger charge is -2.26. The molecule has 2 heterocycles. The molecule has 1 fully saturated rings. The van der Waals surface area contributed by atoms with E-state index in [0.717, 1.165) is 29.2 Å². The van der Waals surface area contributed by atoms with Crippen molar-refractivity contribution in [2.24, 2.45) is 0 Å². The van der Waals surface area contributed by atoms with Crippen molar-refractivity contribution >= 4 is 39.3 Å². The zero-order valence-corrected chi connectivity index (χ0v) is 12.9. The van der Waals surface area contributed by atoms with Crippen LogP contribution in [0.15, 0.2) is 10.8 Å². The van der Waals surface area contributed by atoms with E-state index in [1.807, 2.05) is 18.8 Å². The largest absolute Gasteiger partial charge is 0.372 e. The quantitative estimate of drug-likeness (QED) is 0.857. The molecular formula is C11H18BrN5S. The molecular weight excluding hydrogens is 314 g/mol. The highest BCUT2D eigenvalue weighted by Crippen LogP contribution is 2.25. The Morgan fingerprint density at radius 2 is 2.06 bits per heavy atom. The molecule has 0 unspecified atom stereocenters. The van der Waals surface area contributed by atoms with Gasteiger partial charge in [0.15, 0.2) is 0 Å². The van der Waals surface area contributed by atoms with Crippen LogP contribution in [-0.2, 0) is 0 Å². The van der Waals surface area contributed by atoms with Gasteiger partial charge in [-0.15, -0.1) is 0 Å². The molecule has 5 nitrogen and oxygen atoms in total. The lowest BCUT2D eigenvalue weighted by molar-refractivity contribution is 0.314. The summed E-state index contributed by atoms with van der Waals surface area (Å²) in [4.78, 5) is 10.9. The molecule has 0 aliphatic carbocycles. The SMILES string of the molecule is CNc1ncnc(NCCN2CCSCC2)c1Br. The predicted molar refractivity (Wildman–Crippen MR) is 81.5 cm³/mol. The van der Waals surface area contributed by atoms with Gasteiger partial charge >= 0.3 is 0 Å². The minimum absolute atomic E-state index is 0.807. The van der Waals surface area contributed by atoms with Crippen LogP contribution in [0.25, 0.3) is 0 Å². The molecule has 0 radical (unpaired) electrons. The molecule has 1 saturated heterocycles. The molecule has 1 aliphatic rings. The van der Waals surface area contributed by atoms with E-state index in [2.05, 4.69) is 41.4 Å². The summed E-state index contributed by atoms with van der Waals surface area (Å²) in [5.74, 6) is 4.16. The number of hydrogen-bond donors (Lipinski definition) is 2. The van der Waals surface area contributed by atoms with Gasteiger partial charge in [0.2, 0.25) is 0 Å². The van der Waals surface area contributed by atoms with Crippen molar-refractivity contribution in [2.75, 3.05) is 55.4 Å². The fourth-order valence-electron chi connectivity index (χ4n) is 1.82. The van der Waals surface area contributed by atoms with Crippen LogP contribution in [0.2, 0.25) is 0 Å². The van der Waals surface area contributed by atoms with Crippen molar-refractivity contribution in [1.29, 1.82) is 0 Å². The molecule has 1 aromatic rings. The molecule has 0 amide bonds. The van der Waals surface area contributed by atoms with Crippen LogP contribution in [0, 0.1) is 0 Å². The molecule has 0 bridgehead atoms. The first-order chi connectivity index (χ1) is 8.81. The molecule has 2 N–H and O–H groups in total.